The topological polar surface area (TPSA) is 114 Å². The quantitative estimate of drug-likeness (QED) is 0.369. The van der Waals surface area contributed by atoms with Gasteiger partial charge in [-0.25, -0.2) is 22.5 Å². The molecule has 5 rings (SSSR count). The van der Waals surface area contributed by atoms with Crippen LogP contribution in [0.4, 0.5) is 17.6 Å². The number of H-pyrrole nitrogens is 1. The molecule has 1 fully saturated rings. The average molecular weight is 551 g/mol. The lowest BCUT2D eigenvalue weighted by molar-refractivity contribution is -0.127. The molecule has 1 aliphatic rings. The summed E-state index contributed by atoms with van der Waals surface area (Å²) in [6.45, 7) is 0.212. The first-order valence-electron chi connectivity index (χ1n) is 11.7. The molecule has 0 saturated carbocycles. The minimum Gasteiger partial charge on any atom is -0.308 e. The molecule has 1 saturated heterocycles. The summed E-state index contributed by atoms with van der Waals surface area (Å²) in [5, 5.41) is 7.85. The number of nitrogens with zero attached hydrogens (tertiary/aromatic N) is 5. The Bertz CT molecular complexity index is 1640. The first-order valence-corrected chi connectivity index (χ1v) is 13.2. The number of fused-ring (bicyclic) bond motifs is 1. The zero-order valence-corrected chi connectivity index (χ0v) is 20.6. The van der Waals surface area contributed by atoms with E-state index < -0.39 is 34.0 Å². The Kier molecular flexibility index (Phi) is 6.77. The molecule has 1 aliphatic heterocycles. The molecule has 14 heteroatoms. The summed E-state index contributed by atoms with van der Waals surface area (Å²) in [5.74, 6) is -0.387. The molecule has 200 valence electrons. The third-order valence-electron chi connectivity index (χ3n) is 6.44. The van der Waals surface area contributed by atoms with Crippen molar-refractivity contribution in [3.63, 3.8) is 0 Å². The van der Waals surface area contributed by atoms with E-state index in [0.29, 0.717) is 24.2 Å². The molecule has 0 amide bonds. The Labute approximate surface area is 214 Å². The van der Waals surface area contributed by atoms with Crippen LogP contribution < -0.4 is 5.56 Å². The lowest BCUT2D eigenvalue weighted by Gasteiger charge is -2.31. The normalized spacial score (nSPS) is 15.8. The van der Waals surface area contributed by atoms with Crippen LogP contribution in [0.5, 0.6) is 0 Å². The Balaban J connectivity index is 1.36. The molecule has 0 atom stereocenters. The van der Waals surface area contributed by atoms with Gasteiger partial charge in [0, 0.05) is 19.0 Å². The van der Waals surface area contributed by atoms with Crippen molar-refractivity contribution in [2.45, 2.75) is 42.8 Å². The third kappa shape index (κ3) is 5.31. The number of hydrogen-bond acceptors (Lipinski definition) is 6. The van der Waals surface area contributed by atoms with Crippen LogP contribution in [-0.2, 0) is 23.0 Å². The molecule has 0 bridgehead atoms. The second-order valence-corrected chi connectivity index (χ2v) is 11.0. The lowest BCUT2D eigenvalue weighted by atomic mass is 9.97. The zero-order chi connectivity index (χ0) is 27.1. The van der Waals surface area contributed by atoms with Crippen LogP contribution in [0.2, 0.25) is 0 Å². The zero-order valence-electron chi connectivity index (χ0n) is 19.8. The summed E-state index contributed by atoms with van der Waals surface area (Å²) < 4.78 is 81.6. The molecule has 0 unspecified atom stereocenters. The van der Waals surface area contributed by atoms with Crippen molar-refractivity contribution < 1.29 is 26.0 Å². The summed E-state index contributed by atoms with van der Waals surface area (Å²) >= 11 is 0. The minimum atomic E-state index is -4.55. The van der Waals surface area contributed by atoms with Crippen LogP contribution in [-0.4, -0.2) is 57.0 Å². The number of hydrogen-bond donors (Lipinski definition) is 1. The number of nitrogens with one attached hydrogen (secondary N) is 1. The van der Waals surface area contributed by atoms with Crippen LogP contribution >= 0.6 is 0 Å². The Hall–Kier alpha value is -3.65. The van der Waals surface area contributed by atoms with Crippen molar-refractivity contribution in [3.8, 4) is 0 Å². The number of sulfonamides is 1. The smallest absolute Gasteiger partial charge is 0.308 e. The highest BCUT2D eigenvalue weighted by atomic mass is 32.2. The van der Waals surface area contributed by atoms with Gasteiger partial charge in [0.25, 0.3) is 5.56 Å². The van der Waals surface area contributed by atoms with E-state index in [1.165, 1.54) is 35.0 Å². The van der Waals surface area contributed by atoms with Gasteiger partial charge in [0.15, 0.2) is 11.2 Å². The van der Waals surface area contributed by atoms with Gasteiger partial charge < -0.3 is 4.98 Å². The number of piperidine rings is 1. The first-order chi connectivity index (χ1) is 18.0. The highest BCUT2D eigenvalue weighted by molar-refractivity contribution is 7.89. The highest BCUT2D eigenvalue weighted by Gasteiger charge is 2.35. The fourth-order valence-electron chi connectivity index (χ4n) is 4.62. The monoisotopic (exact) mass is 550 g/mol. The van der Waals surface area contributed by atoms with E-state index >= 15 is 0 Å². The van der Waals surface area contributed by atoms with Gasteiger partial charge in [-0.3, -0.25) is 4.79 Å². The van der Waals surface area contributed by atoms with Gasteiger partial charge in [-0.1, -0.05) is 35.5 Å². The van der Waals surface area contributed by atoms with E-state index in [2.05, 4.69) is 20.3 Å². The van der Waals surface area contributed by atoms with Crippen LogP contribution in [0, 0.1) is 5.82 Å². The molecule has 0 radical (unpaired) electrons. The average Bonchev–Trinajstić information content (AvgIpc) is 3.26. The fraction of sp³-hybridized carbons (Fsp3) is 0.333. The molecule has 3 heterocycles. The second-order valence-electron chi connectivity index (χ2n) is 9.08. The van der Waals surface area contributed by atoms with E-state index in [4.69, 9.17) is 0 Å². The minimum absolute atomic E-state index is 0.0199. The summed E-state index contributed by atoms with van der Waals surface area (Å²) in [5.41, 5.74) is 0.0181. The van der Waals surface area contributed by atoms with Crippen molar-refractivity contribution in [2.24, 2.45) is 0 Å². The molecule has 2 aromatic heterocycles. The van der Waals surface area contributed by atoms with Crippen molar-refractivity contribution in [1.82, 2.24) is 29.3 Å². The maximum Gasteiger partial charge on any atom is 0.393 e. The van der Waals surface area contributed by atoms with Gasteiger partial charge in [0.1, 0.15) is 11.6 Å². The predicted molar refractivity (Wildman–Crippen MR) is 128 cm³/mol. The number of rotatable bonds is 6. The van der Waals surface area contributed by atoms with Crippen LogP contribution in [0.15, 0.2) is 58.2 Å². The van der Waals surface area contributed by atoms with Crippen molar-refractivity contribution in [1.29, 1.82) is 0 Å². The van der Waals surface area contributed by atoms with E-state index in [-0.39, 0.29) is 47.2 Å². The maximum atomic E-state index is 13.6. The Morgan fingerprint density at radius 1 is 1.05 bits per heavy atom. The van der Waals surface area contributed by atoms with Crippen molar-refractivity contribution in [2.75, 3.05) is 13.1 Å². The van der Waals surface area contributed by atoms with Crippen LogP contribution in [0.1, 0.15) is 35.7 Å². The molecule has 1 N–H and O–H groups in total. The second kappa shape index (κ2) is 9.91. The third-order valence-corrected chi connectivity index (χ3v) is 8.43. The molecule has 2 aromatic carbocycles. The van der Waals surface area contributed by atoms with Gasteiger partial charge in [-0.15, -0.1) is 5.10 Å². The number of alkyl halides is 3. The SMILES string of the molecule is O=c1[nH]c(C2CCN(S(=O)(=O)c3ccccc3CC(F)(F)F)CC2)nc2c1nnn2Cc1cccc(F)c1. The molecule has 0 aliphatic carbocycles. The van der Waals surface area contributed by atoms with Crippen LogP contribution in [0.3, 0.4) is 0 Å². The van der Waals surface area contributed by atoms with E-state index in [1.807, 2.05) is 0 Å². The highest BCUT2D eigenvalue weighted by Crippen LogP contribution is 2.32. The number of aromatic amines is 1. The standard InChI is InChI=1S/C24H22F4N6O3S/c25-18-6-3-4-15(12-18)14-34-22-20(31-32-34)23(35)30-21(29-22)16-8-10-33(11-9-16)38(36,37)19-7-2-1-5-17(19)13-24(26,27)28/h1-7,12,16H,8-11,13-14H2,(H,29,30,35). The molecule has 38 heavy (non-hydrogen) atoms. The largest absolute Gasteiger partial charge is 0.393 e. The van der Waals surface area contributed by atoms with Crippen LogP contribution in [0.25, 0.3) is 11.2 Å². The Morgan fingerprint density at radius 2 is 1.79 bits per heavy atom. The summed E-state index contributed by atoms with van der Waals surface area (Å²) in [7, 11) is -4.16. The van der Waals surface area contributed by atoms with Crippen molar-refractivity contribution in [3.05, 3.63) is 81.7 Å². The van der Waals surface area contributed by atoms with E-state index in [9.17, 15) is 30.8 Å². The van der Waals surface area contributed by atoms with Gasteiger partial charge in [0.05, 0.1) is 17.9 Å². The summed E-state index contributed by atoms with van der Waals surface area (Å²) in [4.78, 5) is 19.5. The fourth-order valence-corrected chi connectivity index (χ4v) is 6.31. The van der Waals surface area contributed by atoms with E-state index in [0.717, 1.165) is 10.4 Å². The van der Waals surface area contributed by atoms with Gasteiger partial charge >= 0.3 is 6.18 Å². The molecular formula is C24H22F4N6O3S. The van der Waals surface area contributed by atoms with Gasteiger partial charge in [0.2, 0.25) is 10.0 Å². The van der Waals surface area contributed by atoms with Gasteiger partial charge in [-0.2, -0.15) is 17.5 Å². The summed E-state index contributed by atoms with van der Waals surface area (Å²) in [6.07, 6.45) is -5.31. The molecule has 0 spiro atoms. The molecule has 9 nitrogen and oxygen atoms in total. The first kappa shape index (κ1) is 26.0. The Morgan fingerprint density at radius 3 is 2.50 bits per heavy atom. The van der Waals surface area contributed by atoms with Gasteiger partial charge in [-0.05, 0) is 42.2 Å². The number of benzene rings is 2. The maximum absolute atomic E-state index is 13.6. The lowest BCUT2D eigenvalue weighted by Crippen LogP contribution is -2.39. The predicted octanol–water partition coefficient (Wildman–Crippen LogP) is 3.38. The van der Waals surface area contributed by atoms with E-state index in [1.54, 1.807) is 12.1 Å². The summed E-state index contributed by atoms with van der Waals surface area (Å²) in [6, 6.07) is 11.0. The van der Waals surface area contributed by atoms with Crippen molar-refractivity contribution >= 4 is 21.2 Å². The molecule has 4 aromatic rings. The number of aromatic nitrogens is 5. The number of halogens is 4. The molecular weight excluding hydrogens is 528 g/mol.